The van der Waals surface area contributed by atoms with Crippen molar-refractivity contribution in [3.63, 3.8) is 0 Å². The van der Waals surface area contributed by atoms with Gasteiger partial charge in [-0.25, -0.2) is 4.39 Å². The zero-order valence-electron chi connectivity index (χ0n) is 9.17. The Bertz CT molecular complexity index is 370. The molecule has 1 N–H and O–H groups in total. The van der Waals surface area contributed by atoms with Crippen molar-refractivity contribution in [2.45, 2.75) is 19.4 Å². The molecule has 1 heterocycles. The molecular formula is C12H15F2NO. The summed E-state index contributed by atoms with van der Waals surface area (Å²) in [5.41, 5.74) is 0. The molecule has 0 saturated carbocycles. The molecule has 0 aromatic heterocycles. The summed E-state index contributed by atoms with van der Waals surface area (Å²) in [6.45, 7) is 3.74. The quantitative estimate of drug-likeness (QED) is 0.837. The van der Waals surface area contributed by atoms with E-state index in [1.54, 1.807) is 0 Å². The first-order valence-electron chi connectivity index (χ1n) is 5.50. The van der Waals surface area contributed by atoms with Gasteiger partial charge in [0, 0.05) is 12.5 Å². The van der Waals surface area contributed by atoms with Gasteiger partial charge in [0.15, 0.2) is 11.6 Å². The lowest BCUT2D eigenvalue weighted by Crippen LogP contribution is -2.41. The first kappa shape index (κ1) is 11.3. The average molecular weight is 227 g/mol. The van der Waals surface area contributed by atoms with Crippen LogP contribution in [0.3, 0.4) is 0 Å². The van der Waals surface area contributed by atoms with Crippen molar-refractivity contribution in [1.82, 2.24) is 5.32 Å². The van der Waals surface area contributed by atoms with Gasteiger partial charge >= 0.3 is 0 Å². The summed E-state index contributed by atoms with van der Waals surface area (Å²) in [5, 5.41) is 3.23. The lowest BCUT2D eigenvalue weighted by Gasteiger charge is -2.30. The lowest BCUT2D eigenvalue weighted by molar-refractivity contribution is 0.106. The summed E-state index contributed by atoms with van der Waals surface area (Å²) in [6, 6.07) is 4.01. The summed E-state index contributed by atoms with van der Waals surface area (Å²) in [5.74, 6) is -1.44. The van der Waals surface area contributed by atoms with E-state index in [0.717, 1.165) is 25.6 Å². The highest BCUT2D eigenvalue weighted by Crippen LogP contribution is 2.24. The molecule has 1 aromatic carbocycles. The van der Waals surface area contributed by atoms with Gasteiger partial charge in [0.2, 0.25) is 5.82 Å². The van der Waals surface area contributed by atoms with Crippen molar-refractivity contribution in [2.75, 3.05) is 13.1 Å². The second kappa shape index (κ2) is 4.78. The van der Waals surface area contributed by atoms with Gasteiger partial charge < -0.3 is 10.1 Å². The Kier molecular flexibility index (Phi) is 3.39. The molecule has 2 unspecified atom stereocenters. The van der Waals surface area contributed by atoms with Gasteiger partial charge in [0.1, 0.15) is 6.10 Å². The molecule has 1 fully saturated rings. The van der Waals surface area contributed by atoms with Crippen molar-refractivity contribution < 1.29 is 13.5 Å². The molecule has 2 atom stereocenters. The molecule has 0 amide bonds. The minimum atomic E-state index is -0.895. The Morgan fingerprint density at radius 3 is 2.94 bits per heavy atom. The van der Waals surface area contributed by atoms with E-state index in [0.29, 0.717) is 5.92 Å². The van der Waals surface area contributed by atoms with Crippen molar-refractivity contribution in [3.05, 3.63) is 29.8 Å². The Morgan fingerprint density at radius 1 is 1.38 bits per heavy atom. The van der Waals surface area contributed by atoms with E-state index < -0.39 is 11.6 Å². The minimum absolute atomic E-state index is 0.0127. The number of nitrogens with one attached hydrogen (secondary N) is 1. The maximum Gasteiger partial charge on any atom is 0.200 e. The monoisotopic (exact) mass is 227 g/mol. The van der Waals surface area contributed by atoms with Gasteiger partial charge in [0.05, 0.1) is 0 Å². The second-order valence-electron chi connectivity index (χ2n) is 4.18. The van der Waals surface area contributed by atoms with Crippen LogP contribution in [-0.2, 0) is 0 Å². The SMILES string of the molecule is CC1CNCCC1Oc1cccc(F)c1F. The summed E-state index contributed by atoms with van der Waals surface area (Å²) < 4.78 is 31.9. The van der Waals surface area contributed by atoms with Crippen LogP contribution < -0.4 is 10.1 Å². The zero-order chi connectivity index (χ0) is 11.5. The van der Waals surface area contributed by atoms with Crippen molar-refractivity contribution in [3.8, 4) is 5.75 Å². The fourth-order valence-electron chi connectivity index (χ4n) is 1.90. The Balaban J connectivity index is 2.10. The predicted octanol–water partition coefficient (Wildman–Crippen LogP) is 2.34. The number of hydrogen-bond donors (Lipinski definition) is 1. The van der Waals surface area contributed by atoms with Gasteiger partial charge in [-0.3, -0.25) is 0 Å². The van der Waals surface area contributed by atoms with Crippen molar-refractivity contribution >= 4 is 0 Å². The standard InChI is InChI=1S/C12H15F2NO/c1-8-7-15-6-5-10(8)16-11-4-2-3-9(13)12(11)14/h2-4,8,10,15H,5-7H2,1H3. The highest BCUT2D eigenvalue weighted by molar-refractivity contribution is 5.25. The van der Waals surface area contributed by atoms with Crippen molar-refractivity contribution in [1.29, 1.82) is 0 Å². The molecule has 16 heavy (non-hydrogen) atoms. The number of benzene rings is 1. The molecule has 1 aliphatic heterocycles. The molecule has 2 rings (SSSR count). The Labute approximate surface area is 93.6 Å². The van der Waals surface area contributed by atoms with E-state index in [4.69, 9.17) is 4.74 Å². The first-order valence-corrected chi connectivity index (χ1v) is 5.50. The normalized spacial score (nSPS) is 25.4. The molecule has 0 bridgehead atoms. The van der Waals surface area contributed by atoms with Crippen LogP contribution in [0.5, 0.6) is 5.75 Å². The molecule has 0 aliphatic carbocycles. The molecule has 4 heteroatoms. The third-order valence-electron chi connectivity index (χ3n) is 2.90. The summed E-state index contributed by atoms with van der Waals surface area (Å²) >= 11 is 0. The molecule has 88 valence electrons. The Morgan fingerprint density at radius 2 is 2.19 bits per heavy atom. The average Bonchev–Trinajstić information content (AvgIpc) is 2.28. The van der Waals surface area contributed by atoms with E-state index in [2.05, 4.69) is 5.32 Å². The summed E-state index contributed by atoms with van der Waals surface area (Å²) in [6.07, 6.45) is 0.773. The number of hydrogen-bond acceptors (Lipinski definition) is 2. The number of piperidine rings is 1. The largest absolute Gasteiger partial charge is 0.487 e. The van der Waals surface area contributed by atoms with Crippen LogP contribution in [0.25, 0.3) is 0 Å². The summed E-state index contributed by atoms with van der Waals surface area (Å²) in [4.78, 5) is 0. The molecule has 1 aromatic rings. The van der Waals surface area contributed by atoms with Crippen LogP contribution in [0.4, 0.5) is 8.78 Å². The minimum Gasteiger partial charge on any atom is -0.487 e. The van der Waals surface area contributed by atoms with E-state index in [-0.39, 0.29) is 11.9 Å². The van der Waals surface area contributed by atoms with Gasteiger partial charge in [0.25, 0.3) is 0 Å². The predicted molar refractivity (Wildman–Crippen MR) is 57.4 cm³/mol. The van der Waals surface area contributed by atoms with Crippen LogP contribution in [-0.4, -0.2) is 19.2 Å². The van der Waals surface area contributed by atoms with E-state index >= 15 is 0 Å². The number of halogens is 2. The molecular weight excluding hydrogens is 212 g/mol. The van der Waals surface area contributed by atoms with E-state index in [1.807, 2.05) is 6.92 Å². The van der Waals surface area contributed by atoms with Crippen LogP contribution in [0.15, 0.2) is 18.2 Å². The number of ether oxygens (including phenoxy) is 1. The second-order valence-corrected chi connectivity index (χ2v) is 4.18. The fourth-order valence-corrected chi connectivity index (χ4v) is 1.90. The fraction of sp³-hybridized carbons (Fsp3) is 0.500. The van der Waals surface area contributed by atoms with Crippen LogP contribution in [0.1, 0.15) is 13.3 Å². The Hall–Kier alpha value is -1.16. The summed E-state index contributed by atoms with van der Waals surface area (Å²) in [7, 11) is 0. The topological polar surface area (TPSA) is 21.3 Å². The maximum atomic E-state index is 13.4. The van der Waals surface area contributed by atoms with Gasteiger partial charge in [-0.15, -0.1) is 0 Å². The zero-order valence-corrected chi connectivity index (χ0v) is 9.17. The highest BCUT2D eigenvalue weighted by Gasteiger charge is 2.24. The molecule has 1 aliphatic rings. The van der Waals surface area contributed by atoms with Gasteiger partial charge in [-0.2, -0.15) is 4.39 Å². The smallest absolute Gasteiger partial charge is 0.200 e. The van der Waals surface area contributed by atoms with Crippen LogP contribution >= 0.6 is 0 Å². The highest BCUT2D eigenvalue weighted by atomic mass is 19.2. The van der Waals surface area contributed by atoms with Gasteiger partial charge in [-0.05, 0) is 25.1 Å². The van der Waals surface area contributed by atoms with E-state index in [1.165, 1.54) is 12.1 Å². The number of rotatable bonds is 2. The molecule has 0 radical (unpaired) electrons. The third kappa shape index (κ3) is 2.32. The molecule has 2 nitrogen and oxygen atoms in total. The van der Waals surface area contributed by atoms with Crippen LogP contribution in [0, 0.1) is 17.6 Å². The molecule has 0 spiro atoms. The first-order chi connectivity index (χ1) is 7.68. The maximum absolute atomic E-state index is 13.4. The van der Waals surface area contributed by atoms with E-state index in [9.17, 15) is 8.78 Å². The lowest BCUT2D eigenvalue weighted by atomic mass is 9.98. The van der Waals surface area contributed by atoms with Crippen molar-refractivity contribution in [2.24, 2.45) is 5.92 Å². The third-order valence-corrected chi connectivity index (χ3v) is 2.90. The molecule has 1 saturated heterocycles. The van der Waals surface area contributed by atoms with Gasteiger partial charge in [-0.1, -0.05) is 13.0 Å². The van der Waals surface area contributed by atoms with Crippen LogP contribution in [0.2, 0.25) is 0 Å².